The van der Waals surface area contributed by atoms with Gasteiger partial charge < -0.3 is 5.11 Å². The highest BCUT2D eigenvalue weighted by atomic mass is 35.5. The zero-order valence-electron chi connectivity index (χ0n) is 20.6. The van der Waals surface area contributed by atoms with E-state index in [1.807, 2.05) is 6.08 Å². The van der Waals surface area contributed by atoms with Crippen molar-refractivity contribution in [3.05, 3.63) is 97.6 Å². The second-order valence-corrected chi connectivity index (χ2v) is 10.6. The number of nitrogens with zero attached hydrogens (tertiary/aromatic N) is 2. The summed E-state index contributed by atoms with van der Waals surface area (Å²) in [5.74, 6) is -4.46. The number of rotatable bonds is 3. The number of carbonyl (C=O) groups excluding carboxylic acids is 4. The molecule has 6 rings (SSSR count). The lowest BCUT2D eigenvalue weighted by atomic mass is 9.59. The van der Waals surface area contributed by atoms with Gasteiger partial charge in [0, 0.05) is 39.8 Å². The Morgan fingerprint density at radius 1 is 1.05 bits per heavy atom. The largest absolute Gasteiger partial charge is 0.508 e. The van der Waals surface area contributed by atoms with E-state index in [2.05, 4.69) is 0 Å². The summed E-state index contributed by atoms with van der Waals surface area (Å²) >= 11 is 6.54. The number of aromatic hydroxyl groups is 1. The maximum absolute atomic E-state index is 13.9. The maximum atomic E-state index is 13.9. The molecule has 0 aromatic heterocycles. The number of amides is 2. The topological polar surface area (TPSA) is 135 Å². The fraction of sp³-hybridized carbons (Fsp3) is 0.241. The molecule has 2 aromatic carbocycles. The molecular formula is C29H21ClN2O7. The number of non-ortho nitro benzene ring substituents is 1. The molecule has 1 saturated heterocycles. The molecule has 4 aliphatic rings. The van der Waals surface area contributed by atoms with Crippen molar-refractivity contribution in [3.63, 3.8) is 0 Å². The van der Waals surface area contributed by atoms with Crippen LogP contribution in [0.3, 0.4) is 0 Å². The number of allylic oxidation sites excluding steroid dienone is 6. The monoisotopic (exact) mass is 544 g/mol. The van der Waals surface area contributed by atoms with Crippen LogP contribution in [0.5, 0.6) is 5.75 Å². The number of nitro benzene ring substituents is 1. The number of benzene rings is 2. The zero-order chi connectivity index (χ0) is 27.7. The third kappa shape index (κ3) is 3.68. The molecule has 0 unspecified atom stereocenters. The van der Waals surface area contributed by atoms with Gasteiger partial charge in [-0.3, -0.25) is 29.3 Å². The van der Waals surface area contributed by atoms with Crippen molar-refractivity contribution in [2.24, 2.45) is 17.8 Å². The van der Waals surface area contributed by atoms with Gasteiger partial charge in [0.05, 0.1) is 22.4 Å². The predicted octanol–water partition coefficient (Wildman–Crippen LogP) is 4.59. The molecule has 196 valence electrons. The van der Waals surface area contributed by atoms with Gasteiger partial charge in [0.1, 0.15) is 5.75 Å². The Morgan fingerprint density at radius 2 is 1.82 bits per heavy atom. The molecule has 1 fully saturated rings. The first kappa shape index (κ1) is 24.9. The van der Waals surface area contributed by atoms with Crippen LogP contribution in [0.15, 0.2) is 76.9 Å². The maximum Gasteiger partial charge on any atom is 0.271 e. The third-order valence-corrected chi connectivity index (χ3v) is 8.48. The van der Waals surface area contributed by atoms with Crippen LogP contribution in [-0.2, 0) is 19.2 Å². The van der Waals surface area contributed by atoms with Crippen molar-refractivity contribution in [1.29, 1.82) is 0 Å². The summed E-state index contributed by atoms with van der Waals surface area (Å²) in [5.41, 5.74) is 1.99. The molecule has 2 amide bonds. The number of halogens is 1. The average Bonchev–Trinajstić information content (AvgIpc) is 3.16. The highest BCUT2D eigenvalue weighted by Crippen LogP contribution is 2.56. The molecule has 1 N–H and O–H groups in total. The number of hydrogen-bond donors (Lipinski definition) is 1. The molecule has 0 saturated carbocycles. The fourth-order valence-electron chi connectivity index (χ4n) is 6.49. The van der Waals surface area contributed by atoms with Crippen LogP contribution < -0.4 is 4.90 Å². The first-order valence-electron chi connectivity index (χ1n) is 12.4. The van der Waals surface area contributed by atoms with Crippen molar-refractivity contribution >= 4 is 46.4 Å². The Balaban J connectivity index is 1.48. The number of phenolic OH excluding ortho intramolecular Hbond substituents is 1. The van der Waals surface area contributed by atoms with Crippen molar-refractivity contribution in [1.82, 2.24) is 0 Å². The van der Waals surface area contributed by atoms with E-state index in [0.29, 0.717) is 22.3 Å². The Labute approximate surface area is 227 Å². The predicted molar refractivity (Wildman–Crippen MR) is 140 cm³/mol. The molecular weight excluding hydrogens is 524 g/mol. The number of anilines is 1. The second kappa shape index (κ2) is 8.84. The molecule has 2 aromatic rings. The summed E-state index contributed by atoms with van der Waals surface area (Å²) in [5, 5.41) is 21.5. The molecule has 3 aliphatic carbocycles. The summed E-state index contributed by atoms with van der Waals surface area (Å²) in [6, 6.07) is 9.78. The van der Waals surface area contributed by atoms with Gasteiger partial charge in [0.25, 0.3) is 5.69 Å². The number of carbonyl (C=O) groups is 4. The summed E-state index contributed by atoms with van der Waals surface area (Å²) in [6.45, 7) is 1.57. The quantitative estimate of drug-likeness (QED) is 0.196. The van der Waals surface area contributed by atoms with E-state index < -0.39 is 40.4 Å². The van der Waals surface area contributed by atoms with Crippen molar-refractivity contribution in [2.45, 2.75) is 25.7 Å². The SMILES string of the molecule is CC1=CC(=O)C2=C(C[C@@H]3C(=CC[C@@H]4C(=O)N(c5cccc([N+](=O)[O-])c5)C(=O)[C@@H]43)[C@@H]2c2ccc(O)cc2Cl)C1=O. The smallest absolute Gasteiger partial charge is 0.271 e. The number of nitro groups is 1. The van der Waals surface area contributed by atoms with Gasteiger partial charge >= 0.3 is 0 Å². The van der Waals surface area contributed by atoms with E-state index in [1.165, 1.54) is 42.5 Å². The minimum atomic E-state index is -0.821. The van der Waals surface area contributed by atoms with Crippen molar-refractivity contribution in [3.8, 4) is 5.75 Å². The minimum Gasteiger partial charge on any atom is -0.508 e. The van der Waals surface area contributed by atoms with Gasteiger partial charge in [-0.25, -0.2) is 4.90 Å². The summed E-state index contributed by atoms with van der Waals surface area (Å²) < 4.78 is 0. The van der Waals surface area contributed by atoms with E-state index in [1.54, 1.807) is 13.0 Å². The van der Waals surface area contributed by atoms with Gasteiger partial charge in [-0.15, -0.1) is 0 Å². The molecule has 39 heavy (non-hydrogen) atoms. The highest BCUT2D eigenvalue weighted by molar-refractivity contribution is 6.32. The summed E-state index contributed by atoms with van der Waals surface area (Å²) in [7, 11) is 0. The average molecular weight is 545 g/mol. The lowest BCUT2D eigenvalue weighted by Gasteiger charge is -2.42. The zero-order valence-corrected chi connectivity index (χ0v) is 21.3. The van der Waals surface area contributed by atoms with Gasteiger partial charge in [-0.05, 0) is 55.5 Å². The first-order valence-corrected chi connectivity index (χ1v) is 12.8. The number of imide groups is 1. The van der Waals surface area contributed by atoms with Crippen LogP contribution in [-0.4, -0.2) is 33.4 Å². The first-order chi connectivity index (χ1) is 18.6. The standard InChI is InChI=1S/C29H21ClN2O7/c1-13-9-23(34)26-21(27(13)35)12-20-17(24(26)18-6-5-16(33)11-22(18)30)7-8-19-25(20)29(37)31(28(19)36)14-3-2-4-15(10-14)32(38)39/h2-7,9-11,19-20,24-25,33H,8,12H2,1H3/t19-,20+,24+,25-/m0/s1. The number of phenols is 1. The lowest BCUT2D eigenvalue weighted by molar-refractivity contribution is -0.384. The van der Waals surface area contributed by atoms with E-state index in [4.69, 9.17) is 11.6 Å². The molecule has 4 atom stereocenters. The summed E-state index contributed by atoms with van der Waals surface area (Å²) in [4.78, 5) is 65.8. The lowest BCUT2D eigenvalue weighted by Crippen LogP contribution is -2.39. The molecule has 10 heteroatoms. The molecule has 0 radical (unpaired) electrons. The molecule has 1 aliphatic heterocycles. The van der Waals surface area contributed by atoms with Crippen molar-refractivity contribution in [2.75, 3.05) is 4.90 Å². The number of fused-ring (bicyclic) bond motifs is 3. The van der Waals surface area contributed by atoms with Crippen LogP contribution in [0.2, 0.25) is 5.02 Å². The van der Waals surface area contributed by atoms with Gasteiger partial charge in [0.15, 0.2) is 11.6 Å². The van der Waals surface area contributed by atoms with E-state index in [9.17, 15) is 34.4 Å². The van der Waals surface area contributed by atoms with E-state index >= 15 is 0 Å². The fourth-order valence-corrected chi connectivity index (χ4v) is 6.77. The number of ketones is 2. The van der Waals surface area contributed by atoms with Gasteiger partial charge in [-0.1, -0.05) is 35.4 Å². The summed E-state index contributed by atoms with van der Waals surface area (Å²) in [6.07, 6.45) is 3.49. The normalized spacial score (nSPS) is 26.2. The highest BCUT2D eigenvalue weighted by Gasteiger charge is 2.56. The van der Waals surface area contributed by atoms with E-state index in [-0.39, 0.29) is 46.6 Å². The molecule has 0 spiro atoms. The second-order valence-electron chi connectivity index (χ2n) is 10.2. The molecule has 1 heterocycles. The Bertz CT molecular complexity index is 1640. The van der Waals surface area contributed by atoms with Crippen LogP contribution in [0.1, 0.15) is 31.2 Å². The third-order valence-electron chi connectivity index (χ3n) is 8.16. The number of hydrogen-bond acceptors (Lipinski definition) is 7. The molecule has 9 nitrogen and oxygen atoms in total. The van der Waals surface area contributed by atoms with Crippen LogP contribution in [0, 0.1) is 27.9 Å². The van der Waals surface area contributed by atoms with E-state index in [0.717, 1.165) is 10.5 Å². The number of Topliss-reactive ketones (excluding diaryl/α,β-unsaturated/α-hetero) is 1. The minimum absolute atomic E-state index is 0.0612. The Kier molecular flexibility index (Phi) is 5.65. The Morgan fingerprint density at radius 3 is 2.54 bits per heavy atom. The Hall–Kier alpha value is -4.37. The van der Waals surface area contributed by atoms with Gasteiger partial charge in [-0.2, -0.15) is 0 Å². The molecule has 0 bridgehead atoms. The van der Waals surface area contributed by atoms with Crippen LogP contribution in [0.4, 0.5) is 11.4 Å². The van der Waals surface area contributed by atoms with Crippen molar-refractivity contribution < 1.29 is 29.2 Å². The van der Waals surface area contributed by atoms with Gasteiger partial charge in [0.2, 0.25) is 11.8 Å². The van der Waals surface area contributed by atoms with Crippen LogP contribution in [0.25, 0.3) is 0 Å². The van der Waals surface area contributed by atoms with Crippen LogP contribution >= 0.6 is 11.6 Å².